The number of rotatable bonds is 3. The molecule has 0 bridgehead atoms. The zero-order chi connectivity index (χ0) is 16.4. The molecule has 0 saturated carbocycles. The van der Waals surface area contributed by atoms with Gasteiger partial charge in [0.05, 0.1) is 10.6 Å². The predicted octanol–water partition coefficient (Wildman–Crippen LogP) is 1.33. The van der Waals surface area contributed by atoms with Crippen LogP contribution >= 0.6 is 11.8 Å². The Hall–Kier alpha value is -1.93. The maximum absolute atomic E-state index is 11.6. The first-order chi connectivity index (χ1) is 11.0. The molecule has 7 nitrogen and oxygen atoms in total. The van der Waals surface area contributed by atoms with Crippen molar-refractivity contribution in [1.29, 1.82) is 0 Å². The summed E-state index contributed by atoms with van der Waals surface area (Å²) in [5, 5.41) is 1.89. The van der Waals surface area contributed by atoms with Crippen molar-refractivity contribution in [3.8, 4) is 0 Å². The minimum atomic E-state index is -0.370. The molecule has 2 amide bonds. The zero-order valence-electron chi connectivity index (χ0n) is 13.2. The number of thioether (sulfide) groups is 1. The van der Waals surface area contributed by atoms with Gasteiger partial charge in [-0.05, 0) is 37.8 Å². The van der Waals surface area contributed by atoms with Crippen LogP contribution in [0, 0.1) is 0 Å². The molecule has 1 N–H and O–H groups in total. The van der Waals surface area contributed by atoms with Crippen LogP contribution in [0.5, 0.6) is 0 Å². The SMILES string of the molecule is CC(C)N1CCN(c2nccc(/C=C3\SC(=O)NC3=O)n2)CC1. The lowest BCUT2D eigenvalue weighted by Gasteiger charge is -2.36. The monoisotopic (exact) mass is 333 g/mol. The fraction of sp³-hybridized carbons (Fsp3) is 0.467. The minimum absolute atomic E-state index is 0.347. The maximum Gasteiger partial charge on any atom is 0.290 e. The third-order valence-corrected chi connectivity index (χ3v) is 4.72. The van der Waals surface area contributed by atoms with Gasteiger partial charge in [-0.25, -0.2) is 9.97 Å². The molecular weight excluding hydrogens is 314 g/mol. The average Bonchev–Trinajstić information content (AvgIpc) is 2.85. The lowest BCUT2D eigenvalue weighted by molar-refractivity contribution is -0.115. The number of hydrogen-bond donors (Lipinski definition) is 1. The van der Waals surface area contributed by atoms with Crippen molar-refractivity contribution < 1.29 is 9.59 Å². The second-order valence-corrected chi connectivity index (χ2v) is 6.77. The zero-order valence-corrected chi connectivity index (χ0v) is 14.0. The fourth-order valence-electron chi connectivity index (χ4n) is 2.59. The van der Waals surface area contributed by atoms with E-state index < -0.39 is 0 Å². The molecule has 1 aromatic rings. The van der Waals surface area contributed by atoms with Gasteiger partial charge in [0.25, 0.3) is 11.1 Å². The molecule has 0 aromatic carbocycles. The molecule has 0 spiro atoms. The summed E-state index contributed by atoms with van der Waals surface area (Å²) in [6.07, 6.45) is 3.31. The Balaban J connectivity index is 1.72. The number of carbonyl (C=O) groups is 2. The van der Waals surface area contributed by atoms with E-state index in [2.05, 4.69) is 38.9 Å². The molecule has 3 rings (SSSR count). The van der Waals surface area contributed by atoms with Gasteiger partial charge in [0, 0.05) is 38.4 Å². The van der Waals surface area contributed by atoms with Gasteiger partial charge >= 0.3 is 0 Å². The first kappa shape index (κ1) is 15.9. The molecule has 1 aromatic heterocycles. The molecule has 2 fully saturated rings. The van der Waals surface area contributed by atoms with E-state index in [0.717, 1.165) is 37.9 Å². The number of hydrogen-bond acceptors (Lipinski definition) is 7. The van der Waals surface area contributed by atoms with Crippen LogP contribution < -0.4 is 10.2 Å². The van der Waals surface area contributed by atoms with Gasteiger partial charge in [-0.2, -0.15) is 0 Å². The fourth-order valence-corrected chi connectivity index (χ4v) is 3.26. The minimum Gasteiger partial charge on any atom is -0.338 e. The first-order valence-electron chi connectivity index (χ1n) is 7.60. The molecule has 2 aliphatic heterocycles. The Morgan fingerprint density at radius 3 is 2.61 bits per heavy atom. The number of nitrogens with zero attached hydrogens (tertiary/aromatic N) is 4. The molecule has 0 radical (unpaired) electrons. The van der Waals surface area contributed by atoms with Crippen LogP contribution in [0.25, 0.3) is 6.08 Å². The summed E-state index contributed by atoms with van der Waals surface area (Å²) in [6.45, 7) is 8.13. The van der Waals surface area contributed by atoms with Gasteiger partial charge in [-0.3, -0.25) is 19.8 Å². The molecule has 8 heteroatoms. The summed E-state index contributed by atoms with van der Waals surface area (Å²) in [5.41, 5.74) is 0.633. The third kappa shape index (κ3) is 3.70. The van der Waals surface area contributed by atoms with Gasteiger partial charge in [0.1, 0.15) is 0 Å². The van der Waals surface area contributed by atoms with Gasteiger partial charge in [0.2, 0.25) is 5.95 Å². The number of anilines is 1. The normalized spacial score (nSPS) is 21.3. The van der Waals surface area contributed by atoms with Crippen molar-refractivity contribution in [3.63, 3.8) is 0 Å². The first-order valence-corrected chi connectivity index (χ1v) is 8.41. The van der Waals surface area contributed by atoms with E-state index in [0.29, 0.717) is 22.6 Å². The van der Waals surface area contributed by atoms with Gasteiger partial charge in [-0.15, -0.1) is 0 Å². The molecule has 0 aliphatic carbocycles. The van der Waals surface area contributed by atoms with Crippen molar-refractivity contribution >= 4 is 34.9 Å². The van der Waals surface area contributed by atoms with Crippen LogP contribution in [0.3, 0.4) is 0 Å². The Labute approximate surface area is 139 Å². The topological polar surface area (TPSA) is 78.4 Å². The number of piperazine rings is 1. The van der Waals surface area contributed by atoms with Crippen LogP contribution in [0.1, 0.15) is 19.5 Å². The van der Waals surface area contributed by atoms with E-state index in [9.17, 15) is 9.59 Å². The summed E-state index contributed by atoms with van der Waals surface area (Å²) in [7, 11) is 0. The second-order valence-electron chi connectivity index (χ2n) is 5.75. The lowest BCUT2D eigenvalue weighted by Crippen LogP contribution is -2.49. The smallest absolute Gasteiger partial charge is 0.290 e. The Kier molecular flexibility index (Phi) is 4.63. The molecule has 122 valence electrons. The number of aromatic nitrogens is 2. The second kappa shape index (κ2) is 6.67. The highest BCUT2D eigenvalue weighted by Crippen LogP contribution is 2.25. The Morgan fingerprint density at radius 2 is 2.00 bits per heavy atom. The summed E-state index contributed by atoms with van der Waals surface area (Å²) in [4.78, 5) is 36.6. The Morgan fingerprint density at radius 1 is 1.26 bits per heavy atom. The summed E-state index contributed by atoms with van der Waals surface area (Å²) < 4.78 is 0. The highest BCUT2D eigenvalue weighted by Gasteiger charge is 2.25. The van der Waals surface area contributed by atoms with Crippen molar-refractivity contribution in [2.24, 2.45) is 0 Å². The molecule has 0 atom stereocenters. The molecule has 3 heterocycles. The number of imide groups is 1. The average molecular weight is 333 g/mol. The quantitative estimate of drug-likeness (QED) is 0.836. The van der Waals surface area contributed by atoms with E-state index in [4.69, 9.17) is 0 Å². The molecule has 2 aliphatic rings. The van der Waals surface area contributed by atoms with Crippen LogP contribution in [-0.2, 0) is 4.79 Å². The van der Waals surface area contributed by atoms with E-state index in [1.807, 2.05) is 0 Å². The lowest BCUT2D eigenvalue weighted by atomic mass is 10.2. The third-order valence-electron chi connectivity index (χ3n) is 3.91. The predicted molar refractivity (Wildman–Crippen MR) is 90.1 cm³/mol. The number of amides is 2. The summed E-state index contributed by atoms with van der Waals surface area (Å²) in [5.74, 6) is 0.295. The van der Waals surface area contributed by atoms with Crippen molar-refractivity contribution in [2.45, 2.75) is 19.9 Å². The van der Waals surface area contributed by atoms with Crippen molar-refractivity contribution in [3.05, 3.63) is 22.9 Å². The van der Waals surface area contributed by atoms with Gasteiger partial charge in [0.15, 0.2) is 0 Å². The standard InChI is InChI=1S/C15H19N5O2S/c1-10(2)19-5-7-20(8-6-19)14-16-4-3-11(17-14)9-12-13(21)18-15(22)23-12/h3-4,9-10H,5-8H2,1-2H3,(H,18,21,22)/b12-9-. The van der Waals surface area contributed by atoms with Gasteiger partial charge in [-0.1, -0.05) is 0 Å². The molecule has 23 heavy (non-hydrogen) atoms. The van der Waals surface area contributed by atoms with E-state index in [1.165, 1.54) is 0 Å². The summed E-state index contributed by atoms with van der Waals surface area (Å²) in [6, 6.07) is 2.28. The summed E-state index contributed by atoms with van der Waals surface area (Å²) >= 11 is 0.894. The molecular formula is C15H19N5O2S. The van der Waals surface area contributed by atoms with Crippen LogP contribution in [0.15, 0.2) is 17.2 Å². The van der Waals surface area contributed by atoms with E-state index in [1.54, 1.807) is 18.3 Å². The largest absolute Gasteiger partial charge is 0.338 e. The van der Waals surface area contributed by atoms with Crippen molar-refractivity contribution in [1.82, 2.24) is 20.2 Å². The van der Waals surface area contributed by atoms with E-state index >= 15 is 0 Å². The van der Waals surface area contributed by atoms with E-state index in [-0.39, 0.29) is 11.1 Å². The maximum atomic E-state index is 11.6. The van der Waals surface area contributed by atoms with Crippen LogP contribution in [0.4, 0.5) is 10.7 Å². The number of nitrogens with one attached hydrogen (secondary N) is 1. The van der Waals surface area contributed by atoms with Crippen LogP contribution in [-0.4, -0.2) is 58.2 Å². The number of carbonyl (C=O) groups excluding carboxylic acids is 2. The highest BCUT2D eigenvalue weighted by molar-refractivity contribution is 8.18. The molecule has 2 saturated heterocycles. The molecule has 0 unspecified atom stereocenters. The highest BCUT2D eigenvalue weighted by atomic mass is 32.2. The van der Waals surface area contributed by atoms with Crippen LogP contribution in [0.2, 0.25) is 0 Å². The Bertz CT molecular complexity index is 653. The van der Waals surface area contributed by atoms with Crippen molar-refractivity contribution in [2.75, 3.05) is 31.1 Å². The van der Waals surface area contributed by atoms with Gasteiger partial charge < -0.3 is 4.90 Å².